The Labute approximate surface area is 64.0 Å². The fourth-order valence-corrected chi connectivity index (χ4v) is 0.955. The summed E-state index contributed by atoms with van der Waals surface area (Å²) in [5.74, 6) is -0.158. The molecule has 0 fully saturated rings. The third-order valence-corrected chi connectivity index (χ3v) is 2.14. The molecule has 0 aliphatic carbocycles. The average Bonchev–Trinajstić information content (AvgIpc) is 1.84. The number of hydrogen-bond acceptors (Lipinski definition) is 2. The molecule has 0 aromatic carbocycles. The van der Waals surface area contributed by atoms with E-state index < -0.39 is 11.0 Å². The molecule has 0 rings (SSSR count). The SMILES string of the molecule is CC(C)C(=O)N(C)S(C)=O. The van der Waals surface area contributed by atoms with Crippen LogP contribution in [-0.4, -0.2) is 27.7 Å². The second kappa shape index (κ2) is 3.71. The average molecular weight is 163 g/mol. The molecule has 0 heterocycles. The van der Waals surface area contributed by atoms with Crippen molar-refractivity contribution in [2.24, 2.45) is 5.92 Å². The Morgan fingerprint density at radius 2 is 1.90 bits per heavy atom. The third kappa shape index (κ3) is 2.47. The van der Waals surface area contributed by atoms with Gasteiger partial charge in [0.05, 0.1) is 0 Å². The van der Waals surface area contributed by atoms with Gasteiger partial charge in [-0.2, -0.15) is 0 Å². The first-order chi connectivity index (χ1) is 4.46. The molecule has 0 N–H and O–H groups in total. The maximum Gasteiger partial charge on any atom is 0.236 e. The smallest absolute Gasteiger partial charge is 0.236 e. The summed E-state index contributed by atoms with van der Waals surface area (Å²) in [6.45, 7) is 3.57. The van der Waals surface area contributed by atoms with Crippen LogP contribution in [-0.2, 0) is 15.8 Å². The van der Waals surface area contributed by atoms with E-state index in [-0.39, 0.29) is 11.8 Å². The van der Waals surface area contributed by atoms with Crippen LogP contribution in [0.25, 0.3) is 0 Å². The van der Waals surface area contributed by atoms with E-state index in [0.29, 0.717) is 0 Å². The van der Waals surface area contributed by atoms with Crippen LogP contribution < -0.4 is 0 Å². The molecule has 0 aromatic heterocycles. The molecule has 4 heteroatoms. The lowest BCUT2D eigenvalue weighted by Crippen LogP contribution is -2.31. The topological polar surface area (TPSA) is 37.4 Å². The van der Waals surface area contributed by atoms with E-state index in [4.69, 9.17) is 0 Å². The predicted molar refractivity (Wildman–Crippen MR) is 41.7 cm³/mol. The summed E-state index contributed by atoms with van der Waals surface area (Å²) in [5.41, 5.74) is 0. The van der Waals surface area contributed by atoms with Crippen molar-refractivity contribution in [1.82, 2.24) is 4.31 Å². The number of rotatable bonds is 2. The second-order valence-corrected chi connectivity index (χ2v) is 3.81. The van der Waals surface area contributed by atoms with Gasteiger partial charge in [-0.3, -0.25) is 9.10 Å². The first kappa shape index (κ1) is 9.62. The van der Waals surface area contributed by atoms with E-state index >= 15 is 0 Å². The predicted octanol–water partition coefficient (Wildman–Crippen LogP) is 0.394. The van der Waals surface area contributed by atoms with Crippen LogP contribution in [0, 0.1) is 5.92 Å². The van der Waals surface area contributed by atoms with Crippen molar-refractivity contribution >= 4 is 16.9 Å². The highest BCUT2D eigenvalue weighted by molar-refractivity contribution is 7.82. The molecule has 1 atom stereocenters. The van der Waals surface area contributed by atoms with Gasteiger partial charge >= 0.3 is 0 Å². The second-order valence-electron chi connectivity index (χ2n) is 2.41. The van der Waals surface area contributed by atoms with Gasteiger partial charge < -0.3 is 0 Å². The van der Waals surface area contributed by atoms with E-state index in [1.165, 1.54) is 10.6 Å². The van der Waals surface area contributed by atoms with Gasteiger partial charge in [0, 0.05) is 19.2 Å². The largest absolute Gasteiger partial charge is 0.274 e. The maximum atomic E-state index is 11.0. The van der Waals surface area contributed by atoms with Crippen LogP contribution in [0.3, 0.4) is 0 Å². The minimum Gasteiger partial charge on any atom is -0.274 e. The minimum atomic E-state index is -1.18. The van der Waals surface area contributed by atoms with Crippen molar-refractivity contribution in [2.45, 2.75) is 13.8 Å². The van der Waals surface area contributed by atoms with E-state index in [9.17, 15) is 9.00 Å². The number of carbonyl (C=O) groups excluding carboxylic acids is 1. The monoisotopic (exact) mass is 163 g/mol. The highest BCUT2D eigenvalue weighted by Crippen LogP contribution is 1.99. The van der Waals surface area contributed by atoms with Gasteiger partial charge in [0.25, 0.3) is 0 Å². The molecule has 0 aliphatic rings. The van der Waals surface area contributed by atoms with Crippen molar-refractivity contribution in [3.8, 4) is 0 Å². The quantitative estimate of drug-likeness (QED) is 0.590. The molecule has 0 saturated carbocycles. The maximum absolute atomic E-state index is 11.0. The van der Waals surface area contributed by atoms with Gasteiger partial charge in [0.15, 0.2) is 0 Å². The first-order valence-corrected chi connectivity index (χ1v) is 4.59. The summed E-state index contributed by atoms with van der Waals surface area (Å²) in [6.07, 6.45) is 1.49. The van der Waals surface area contributed by atoms with E-state index in [0.717, 1.165) is 0 Å². The van der Waals surface area contributed by atoms with Gasteiger partial charge in [0.2, 0.25) is 5.91 Å². The normalized spacial score (nSPS) is 13.3. The van der Waals surface area contributed by atoms with Crippen LogP contribution in [0.1, 0.15) is 13.8 Å². The summed E-state index contributed by atoms with van der Waals surface area (Å²) < 4.78 is 11.9. The Kier molecular flexibility index (Phi) is 3.57. The van der Waals surface area contributed by atoms with Crippen LogP contribution in [0.15, 0.2) is 0 Å². The zero-order chi connectivity index (χ0) is 8.31. The highest BCUT2D eigenvalue weighted by Gasteiger charge is 2.14. The molecule has 0 bridgehead atoms. The Balaban J connectivity index is 4.08. The summed E-state index contributed by atoms with van der Waals surface area (Å²) >= 11 is 0. The molecule has 0 aromatic rings. The van der Waals surface area contributed by atoms with Gasteiger partial charge in [-0.15, -0.1) is 0 Å². The van der Waals surface area contributed by atoms with Crippen molar-refractivity contribution < 1.29 is 9.00 Å². The molecular weight excluding hydrogens is 150 g/mol. The third-order valence-electron chi connectivity index (χ3n) is 1.19. The Morgan fingerprint density at radius 1 is 1.50 bits per heavy atom. The van der Waals surface area contributed by atoms with Crippen LogP contribution in [0.5, 0.6) is 0 Å². The standard InChI is InChI=1S/C6H13NO2S/c1-5(2)6(8)7(3)10(4)9/h5H,1-4H3. The molecule has 60 valence electrons. The Morgan fingerprint density at radius 3 is 2.00 bits per heavy atom. The molecule has 1 amide bonds. The van der Waals surface area contributed by atoms with E-state index in [2.05, 4.69) is 0 Å². The zero-order valence-corrected chi connectivity index (χ0v) is 7.57. The lowest BCUT2D eigenvalue weighted by molar-refractivity contribution is -0.128. The highest BCUT2D eigenvalue weighted by atomic mass is 32.2. The van der Waals surface area contributed by atoms with Crippen molar-refractivity contribution in [3.05, 3.63) is 0 Å². The Bertz CT molecular complexity index is 156. The molecule has 1 unspecified atom stereocenters. The van der Waals surface area contributed by atoms with Gasteiger partial charge in [-0.05, 0) is 0 Å². The summed E-state index contributed by atoms with van der Waals surface area (Å²) in [4.78, 5) is 11.0. The lowest BCUT2D eigenvalue weighted by Gasteiger charge is -2.14. The molecule has 0 spiro atoms. The van der Waals surface area contributed by atoms with Crippen molar-refractivity contribution in [1.29, 1.82) is 0 Å². The number of amides is 1. The van der Waals surface area contributed by atoms with Crippen LogP contribution in [0.2, 0.25) is 0 Å². The van der Waals surface area contributed by atoms with Gasteiger partial charge in [-0.1, -0.05) is 13.8 Å². The van der Waals surface area contributed by atoms with E-state index in [1.54, 1.807) is 20.9 Å². The summed E-state index contributed by atoms with van der Waals surface area (Å²) in [6, 6.07) is 0. The first-order valence-electron chi connectivity index (χ1n) is 3.08. The fraction of sp³-hybridized carbons (Fsp3) is 0.833. The van der Waals surface area contributed by atoms with Crippen LogP contribution in [0.4, 0.5) is 0 Å². The fourth-order valence-electron chi connectivity index (χ4n) is 0.490. The molecular formula is C6H13NO2S. The summed E-state index contributed by atoms with van der Waals surface area (Å²) in [7, 11) is 0.363. The zero-order valence-electron chi connectivity index (χ0n) is 6.75. The van der Waals surface area contributed by atoms with E-state index in [1.807, 2.05) is 0 Å². The summed E-state index contributed by atoms with van der Waals surface area (Å²) in [5, 5.41) is 0. The molecule has 3 nitrogen and oxygen atoms in total. The number of carbonyl (C=O) groups is 1. The minimum absolute atomic E-state index is 0.0751. The Hall–Kier alpha value is -0.380. The lowest BCUT2D eigenvalue weighted by atomic mass is 10.2. The van der Waals surface area contributed by atoms with Gasteiger partial charge in [-0.25, -0.2) is 4.21 Å². The molecule has 10 heavy (non-hydrogen) atoms. The van der Waals surface area contributed by atoms with Crippen molar-refractivity contribution in [3.63, 3.8) is 0 Å². The van der Waals surface area contributed by atoms with Crippen LogP contribution >= 0.6 is 0 Å². The molecule has 0 saturated heterocycles. The van der Waals surface area contributed by atoms with Crippen molar-refractivity contribution in [2.75, 3.05) is 13.3 Å². The van der Waals surface area contributed by atoms with Gasteiger partial charge in [0.1, 0.15) is 11.0 Å². The molecule has 0 radical (unpaired) electrons. The number of nitrogens with zero attached hydrogens (tertiary/aromatic N) is 1. The molecule has 0 aliphatic heterocycles. The number of hydrogen-bond donors (Lipinski definition) is 0.